The normalized spacial score (nSPS) is 12.0. The summed E-state index contributed by atoms with van der Waals surface area (Å²) in [4.78, 5) is 0. The molecule has 3 nitrogen and oxygen atoms in total. The minimum Gasteiger partial charge on any atom is -0.396 e. The van der Waals surface area contributed by atoms with Gasteiger partial charge in [0.25, 0.3) is 0 Å². The van der Waals surface area contributed by atoms with Gasteiger partial charge in [0.1, 0.15) is 0 Å². The molecule has 1 atom stereocenters. The number of nitriles is 1. The molecule has 1 rings (SSSR count). The summed E-state index contributed by atoms with van der Waals surface area (Å²) in [5.41, 5.74) is 1.18. The molecule has 0 fully saturated rings. The van der Waals surface area contributed by atoms with E-state index >= 15 is 0 Å². The van der Waals surface area contributed by atoms with Gasteiger partial charge >= 0.3 is 0 Å². The molecule has 1 aromatic carbocycles. The van der Waals surface area contributed by atoms with Crippen molar-refractivity contribution in [2.24, 2.45) is 0 Å². The van der Waals surface area contributed by atoms with Gasteiger partial charge < -0.3 is 10.4 Å². The minimum absolute atomic E-state index is 0.133. The number of rotatable bonds is 9. The highest BCUT2D eigenvalue weighted by molar-refractivity contribution is 5.19. The van der Waals surface area contributed by atoms with Crippen LogP contribution in [0.2, 0.25) is 0 Å². The molecule has 0 aromatic heterocycles. The fraction of sp³-hybridized carbons (Fsp3) is 0.533. The number of unbranched alkanes of at least 4 members (excludes halogenated alkanes) is 3. The monoisotopic (exact) mass is 246 g/mol. The van der Waals surface area contributed by atoms with Crippen LogP contribution in [0.5, 0.6) is 0 Å². The Kier molecular flexibility index (Phi) is 7.87. The predicted molar refractivity (Wildman–Crippen MR) is 73.0 cm³/mol. The van der Waals surface area contributed by atoms with E-state index in [-0.39, 0.29) is 12.6 Å². The fourth-order valence-corrected chi connectivity index (χ4v) is 1.95. The third-order valence-electron chi connectivity index (χ3n) is 2.97. The topological polar surface area (TPSA) is 56.0 Å². The molecule has 0 radical (unpaired) electrons. The van der Waals surface area contributed by atoms with Crippen LogP contribution in [0.3, 0.4) is 0 Å². The maximum absolute atomic E-state index is 8.85. The highest BCUT2D eigenvalue weighted by Crippen LogP contribution is 2.15. The molecule has 0 heterocycles. The third kappa shape index (κ3) is 5.81. The van der Waals surface area contributed by atoms with Crippen molar-refractivity contribution in [3.8, 4) is 6.07 Å². The maximum atomic E-state index is 8.85. The van der Waals surface area contributed by atoms with Crippen molar-refractivity contribution < 1.29 is 5.11 Å². The van der Waals surface area contributed by atoms with Crippen molar-refractivity contribution in [1.29, 1.82) is 5.26 Å². The fourth-order valence-electron chi connectivity index (χ4n) is 1.95. The predicted octanol–water partition coefficient (Wildman–Crippen LogP) is 2.78. The molecule has 0 aliphatic rings. The van der Waals surface area contributed by atoms with Gasteiger partial charge in [0, 0.05) is 12.6 Å². The lowest BCUT2D eigenvalue weighted by molar-refractivity contribution is 0.282. The molecule has 0 aliphatic carbocycles. The lowest BCUT2D eigenvalue weighted by atomic mass is 10.0. The summed E-state index contributed by atoms with van der Waals surface area (Å²) in [5.74, 6) is 0. The molecule has 2 N–H and O–H groups in total. The van der Waals surface area contributed by atoms with Crippen molar-refractivity contribution in [3.63, 3.8) is 0 Å². The summed E-state index contributed by atoms with van der Waals surface area (Å²) >= 11 is 0. The molecule has 0 aliphatic heterocycles. The molecule has 1 unspecified atom stereocenters. The average molecular weight is 246 g/mol. The van der Waals surface area contributed by atoms with Gasteiger partial charge in [0.15, 0.2) is 0 Å². The van der Waals surface area contributed by atoms with Crippen LogP contribution in [-0.2, 0) is 0 Å². The second-order valence-corrected chi connectivity index (χ2v) is 4.42. The Bertz CT molecular complexity index is 345. The van der Waals surface area contributed by atoms with E-state index in [1.165, 1.54) is 5.56 Å². The lowest BCUT2D eigenvalue weighted by Crippen LogP contribution is -2.22. The summed E-state index contributed by atoms with van der Waals surface area (Å²) in [6, 6.07) is 12.5. The van der Waals surface area contributed by atoms with Gasteiger partial charge in [0.05, 0.1) is 12.5 Å². The summed E-state index contributed by atoms with van der Waals surface area (Å²) in [7, 11) is 0. The summed E-state index contributed by atoms with van der Waals surface area (Å²) in [6.07, 6.45) is 4.68. The number of nitrogens with one attached hydrogen (secondary N) is 1. The van der Waals surface area contributed by atoms with Gasteiger partial charge in [-0.3, -0.25) is 0 Å². The van der Waals surface area contributed by atoms with Gasteiger partial charge in [-0.05, 0) is 24.9 Å². The van der Waals surface area contributed by atoms with E-state index in [9.17, 15) is 0 Å². The molecular formula is C15H22N2O. The second-order valence-electron chi connectivity index (χ2n) is 4.42. The highest BCUT2D eigenvalue weighted by atomic mass is 16.2. The minimum atomic E-state index is 0.133. The molecule has 1 aromatic rings. The molecular weight excluding hydrogens is 224 g/mol. The highest BCUT2D eigenvalue weighted by Gasteiger charge is 2.09. The number of aliphatic hydroxyl groups excluding tert-OH is 1. The lowest BCUT2D eigenvalue weighted by Gasteiger charge is -2.16. The zero-order chi connectivity index (χ0) is 13.1. The first kappa shape index (κ1) is 14.7. The van der Waals surface area contributed by atoms with Crippen LogP contribution in [-0.4, -0.2) is 18.3 Å². The van der Waals surface area contributed by atoms with Crippen LogP contribution in [0.4, 0.5) is 0 Å². The molecule has 18 heavy (non-hydrogen) atoms. The van der Waals surface area contributed by atoms with Crippen molar-refractivity contribution in [3.05, 3.63) is 35.9 Å². The summed E-state index contributed by atoms with van der Waals surface area (Å²) < 4.78 is 0. The van der Waals surface area contributed by atoms with Crippen molar-refractivity contribution in [2.45, 2.75) is 38.1 Å². The van der Waals surface area contributed by atoms with Gasteiger partial charge in [-0.25, -0.2) is 0 Å². The molecule has 3 heteroatoms. The molecule has 0 saturated heterocycles. The molecule has 0 saturated carbocycles. The van der Waals surface area contributed by atoms with Gasteiger partial charge in [-0.15, -0.1) is 0 Å². The van der Waals surface area contributed by atoms with Crippen LogP contribution in [0.15, 0.2) is 30.3 Å². The number of hydrogen-bond acceptors (Lipinski definition) is 3. The largest absolute Gasteiger partial charge is 0.396 e. The number of hydrogen-bond donors (Lipinski definition) is 2. The number of aliphatic hydroxyl groups is 1. The third-order valence-corrected chi connectivity index (χ3v) is 2.97. The Balaban J connectivity index is 2.29. The van der Waals surface area contributed by atoms with E-state index in [2.05, 4.69) is 23.5 Å². The molecule has 0 bridgehead atoms. The van der Waals surface area contributed by atoms with Gasteiger partial charge in [-0.2, -0.15) is 5.26 Å². The second kappa shape index (κ2) is 9.64. The first-order valence-electron chi connectivity index (χ1n) is 6.64. The maximum Gasteiger partial charge on any atom is 0.0641 e. The molecule has 0 amide bonds. The van der Waals surface area contributed by atoms with Crippen molar-refractivity contribution >= 4 is 0 Å². The first-order valence-corrected chi connectivity index (χ1v) is 6.64. The zero-order valence-electron chi connectivity index (χ0n) is 10.8. The van der Waals surface area contributed by atoms with E-state index in [1.807, 2.05) is 18.2 Å². The smallest absolute Gasteiger partial charge is 0.0641 e. The van der Waals surface area contributed by atoms with Gasteiger partial charge in [-0.1, -0.05) is 43.2 Å². The molecule has 98 valence electrons. The number of nitrogens with zero attached hydrogens (tertiary/aromatic N) is 1. The SMILES string of the molecule is N#CCC(NCCCCCCO)c1ccccc1. The van der Waals surface area contributed by atoms with Gasteiger partial charge in [0.2, 0.25) is 0 Å². The summed E-state index contributed by atoms with van der Waals surface area (Å²) in [5, 5.41) is 21.0. The van der Waals surface area contributed by atoms with E-state index < -0.39 is 0 Å². The number of benzene rings is 1. The first-order chi connectivity index (χ1) is 8.88. The Hall–Kier alpha value is -1.37. The van der Waals surface area contributed by atoms with Crippen LogP contribution in [0.1, 0.15) is 43.7 Å². The van der Waals surface area contributed by atoms with Crippen LogP contribution < -0.4 is 5.32 Å². The van der Waals surface area contributed by atoms with E-state index in [4.69, 9.17) is 10.4 Å². The van der Waals surface area contributed by atoms with Crippen LogP contribution in [0.25, 0.3) is 0 Å². The van der Waals surface area contributed by atoms with E-state index in [0.717, 1.165) is 32.2 Å². The zero-order valence-corrected chi connectivity index (χ0v) is 10.8. The van der Waals surface area contributed by atoms with Crippen molar-refractivity contribution in [2.75, 3.05) is 13.2 Å². The Morgan fingerprint density at radius 3 is 2.50 bits per heavy atom. The Morgan fingerprint density at radius 2 is 1.83 bits per heavy atom. The van der Waals surface area contributed by atoms with Crippen LogP contribution >= 0.6 is 0 Å². The van der Waals surface area contributed by atoms with E-state index in [0.29, 0.717) is 6.42 Å². The van der Waals surface area contributed by atoms with E-state index in [1.54, 1.807) is 0 Å². The quantitative estimate of drug-likeness (QED) is 0.659. The Morgan fingerprint density at radius 1 is 1.11 bits per heavy atom. The molecule has 0 spiro atoms. The Labute approximate surface area is 109 Å². The summed E-state index contributed by atoms with van der Waals surface area (Å²) in [6.45, 7) is 1.21. The standard InChI is InChI=1S/C15H22N2O/c16-11-10-15(14-8-4-3-5-9-14)17-12-6-1-2-7-13-18/h3-5,8-9,15,17-18H,1-2,6-7,10,12-13H2. The average Bonchev–Trinajstić information content (AvgIpc) is 2.42. The van der Waals surface area contributed by atoms with Crippen molar-refractivity contribution in [1.82, 2.24) is 5.32 Å². The van der Waals surface area contributed by atoms with Crippen LogP contribution in [0, 0.1) is 11.3 Å².